The lowest BCUT2D eigenvalue weighted by molar-refractivity contribution is 0.262. The highest BCUT2D eigenvalue weighted by Gasteiger charge is 2.20. The van der Waals surface area contributed by atoms with E-state index in [0.717, 1.165) is 31.0 Å². The number of imidazole rings is 1. The molecule has 2 aromatic rings. The molecule has 0 fully saturated rings. The van der Waals surface area contributed by atoms with Gasteiger partial charge in [0.1, 0.15) is 0 Å². The molecule has 3 rings (SSSR count). The van der Waals surface area contributed by atoms with Gasteiger partial charge in [-0.25, -0.2) is 4.98 Å². The fraction of sp³-hybridized carbons (Fsp3) is 0.500. The van der Waals surface area contributed by atoms with Crippen molar-refractivity contribution < 1.29 is 0 Å². The van der Waals surface area contributed by atoms with Crippen LogP contribution in [0, 0.1) is 0 Å². The molecule has 2 aromatic heterocycles. The van der Waals surface area contributed by atoms with Crippen LogP contribution in [-0.2, 0) is 13.0 Å². The Morgan fingerprint density at radius 1 is 1.57 bits per heavy atom. The Kier molecular flexibility index (Phi) is 1.85. The minimum absolute atomic E-state index is 1.06. The quantitative estimate of drug-likeness (QED) is 0.710. The normalized spacial score (nSPS) is 17.5. The number of nitrogens with zero attached hydrogens (tertiary/aromatic N) is 3. The second-order valence-electron chi connectivity index (χ2n) is 3.68. The predicted octanol–water partition coefficient (Wildman–Crippen LogP) is 1.77. The highest BCUT2D eigenvalue weighted by molar-refractivity contribution is 7.15. The number of aromatic nitrogens is 2. The minimum Gasteiger partial charge on any atom is -0.297 e. The fourth-order valence-corrected chi connectivity index (χ4v) is 2.82. The van der Waals surface area contributed by atoms with Crippen molar-refractivity contribution in [2.75, 3.05) is 13.1 Å². The smallest absolute Gasteiger partial charge is 0.194 e. The fourth-order valence-electron chi connectivity index (χ4n) is 2.07. The molecule has 74 valence electrons. The van der Waals surface area contributed by atoms with E-state index in [-0.39, 0.29) is 0 Å². The van der Waals surface area contributed by atoms with E-state index in [2.05, 4.69) is 32.8 Å². The lowest BCUT2D eigenvalue weighted by atomic mass is 10.1. The van der Waals surface area contributed by atoms with E-state index in [4.69, 9.17) is 0 Å². The van der Waals surface area contributed by atoms with E-state index < -0.39 is 0 Å². The third-order valence-electron chi connectivity index (χ3n) is 2.93. The van der Waals surface area contributed by atoms with Gasteiger partial charge in [-0.3, -0.25) is 9.30 Å². The molecule has 1 aliphatic heterocycles. The van der Waals surface area contributed by atoms with Crippen LogP contribution >= 0.6 is 11.3 Å². The van der Waals surface area contributed by atoms with Crippen molar-refractivity contribution in [2.24, 2.45) is 0 Å². The van der Waals surface area contributed by atoms with Crippen LogP contribution in [0.3, 0.4) is 0 Å². The van der Waals surface area contributed by atoms with Crippen LogP contribution in [0.1, 0.15) is 18.3 Å². The highest BCUT2D eigenvalue weighted by Crippen LogP contribution is 2.22. The molecule has 0 N–H and O–H groups in total. The third-order valence-corrected chi connectivity index (χ3v) is 3.69. The van der Waals surface area contributed by atoms with E-state index in [1.54, 1.807) is 11.3 Å². The van der Waals surface area contributed by atoms with Crippen LogP contribution in [0.2, 0.25) is 0 Å². The van der Waals surface area contributed by atoms with E-state index in [0.29, 0.717) is 0 Å². The van der Waals surface area contributed by atoms with Gasteiger partial charge in [0.05, 0.1) is 11.4 Å². The molecule has 1 aliphatic rings. The van der Waals surface area contributed by atoms with Crippen LogP contribution in [0.25, 0.3) is 4.96 Å². The molecule has 0 bridgehead atoms. The molecular formula is C10H13N3S. The average Bonchev–Trinajstić information content (AvgIpc) is 2.76. The summed E-state index contributed by atoms with van der Waals surface area (Å²) in [6, 6.07) is 0. The van der Waals surface area contributed by atoms with Crippen molar-refractivity contribution in [2.45, 2.75) is 19.9 Å². The molecule has 0 aliphatic carbocycles. The lowest BCUT2D eigenvalue weighted by Crippen LogP contribution is -2.30. The molecule has 0 radical (unpaired) electrons. The second-order valence-corrected chi connectivity index (χ2v) is 4.55. The predicted molar refractivity (Wildman–Crippen MR) is 57.7 cm³/mol. The first-order valence-electron chi connectivity index (χ1n) is 5.04. The van der Waals surface area contributed by atoms with Gasteiger partial charge in [0.25, 0.3) is 0 Å². The van der Waals surface area contributed by atoms with E-state index in [9.17, 15) is 0 Å². The largest absolute Gasteiger partial charge is 0.297 e. The maximum atomic E-state index is 4.64. The molecule has 0 saturated heterocycles. The zero-order valence-corrected chi connectivity index (χ0v) is 9.05. The number of likely N-dealkylation sites (N-methyl/N-ethyl adjacent to an activating group) is 1. The Bertz CT molecular complexity index is 457. The Morgan fingerprint density at radius 3 is 3.36 bits per heavy atom. The molecule has 0 amide bonds. The Hall–Kier alpha value is -0.870. The maximum Gasteiger partial charge on any atom is 0.194 e. The van der Waals surface area contributed by atoms with Crippen molar-refractivity contribution in [3.63, 3.8) is 0 Å². The standard InChI is InChI=1S/C10H13N3S/c1-2-12-4-3-8-9(7-12)13-5-6-14-10(13)11-8/h5-6H,2-4,7H2,1H3. The van der Waals surface area contributed by atoms with Gasteiger partial charge in [-0.1, -0.05) is 6.92 Å². The van der Waals surface area contributed by atoms with Gasteiger partial charge in [0, 0.05) is 31.1 Å². The summed E-state index contributed by atoms with van der Waals surface area (Å²) < 4.78 is 2.24. The molecule has 0 saturated carbocycles. The molecule has 0 atom stereocenters. The molecular weight excluding hydrogens is 194 g/mol. The Labute approximate surface area is 87.0 Å². The van der Waals surface area contributed by atoms with Crippen molar-refractivity contribution in [1.82, 2.24) is 14.3 Å². The van der Waals surface area contributed by atoms with Crippen molar-refractivity contribution in [1.29, 1.82) is 0 Å². The molecule has 3 heterocycles. The topological polar surface area (TPSA) is 20.5 Å². The lowest BCUT2D eigenvalue weighted by Gasteiger charge is -2.24. The van der Waals surface area contributed by atoms with Crippen molar-refractivity contribution in [3.8, 4) is 0 Å². The molecule has 3 nitrogen and oxygen atoms in total. The summed E-state index contributed by atoms with van der Waals surface area (Å²) >= 11 is 1.72. The summed E-state index contributed by atoms with van der Waals surface area (Å²) in [4.78, 5) is 8.25. The average molecular weight is 207 g/mol. The zero-order valence-electron chi connectivity index (χ0n) is 8.23. The third kappa shape index (κ3) is 1.11. The van der Waals surface area contributed by atoms with Gasteiger partial charge >= 0.3 is 0 Å². The number of hydrogen-bond donors (Lipinski definition) is 0. The van der Waals surface area contributed by atoms with Gasteiger partial charge in [-0.15, -0.1) is 11.3 Å². The first-order chi connectivity index (χ1) is 6.88. The summed E-state index contributed by atoms with van der Waals surface area (Å²) in [7, 11) is 0. The van der Waals surface area contributed by atoms with Gasteiger partial charge in [0.2, 0.25) is 0 Å². The summed E-state index contributed by atoms with van der Waals surface area (Å²) in [6.45, 7) is 5.58. The Balaban J connectivity index is 2.11. The van der Waals surface area contributed by atoms with Crippen molar-refractivity contribution in [3.05, 3.63) is 23.0 Å². The number of fused-ring (bicyclic) bond motifs is 3. The van der Waals surface area contributed by atoms with E-state index in [1.165, 1.54) is 11.4 Å². The molecule has 0 aromatic carbocycles. The number of hydrogen-bond acceptors (Lipinski definition) is 3. The molecule has 4 heteroatoms. The van der Waals surface area contributed by atoms with Crippen LogP contribution < -0.4 is 0 Å². The first kappa shape index (κ1) is 8.44. The highest BCUT2D eigenvalue weighted by atomic mass is 32.1. The number of thiazole rings is 1. The van der Waals surface area contributed by atoms with Gasteiger partial charge in [-0.05, 0) is 6.54 Å². The van der Waals surface area contributed by atoms with Crippen LogP contribution in [0.5, 0.6) is 0 Å². The Morgan fingerprint density at radius 2 is 2.50 bits per heavy atom. The molecule has 0 unspecified atom stereocenters. The van der Waals surface area contributed by atoms with Gasteiger partial charge < -0.3 is 0 Å². The monoisotopic (exact) mass is 207 g/mol. The first-order valence-corrected chi connectivity index (χ1v) is 5.92. The summed E-state index contributed by atoms with van der Waals surface area (Å²) in [5, 5.41) is 2.10. The van der Waals surface area contributed by atoms with E-state index >= 15 is 0 Å². The summed E-state index contributed by atoms with van der Waals surface area (Å²) in [5.74, 6) is 0. The van der Waals surface area contributed by atoms with E-state index in [1.807, 2.05) is 0 Å². The SMILES string of the molecule is CCN1CCc2nc3sccn3c2C1. The van der Waals surface area contributed by atoms with Crippen LogP contribution in [0.15, 0.2) is 11.6 Å². The molecule has 14 heavy (non-hydrogen) atoms. The van der Waals surface area contributed by atoms with Crippen LogP contribution in [-0.4, -0.2) is 27.4 Å². The maximum absolute atomic E-state index is 4.64. The minimum atomic E-state index is 1.06. The number of rotatable bonds is 1. The second kappa shape index (κ2) is 3.07. The zero-order chi connectivity index (χ0) is 9.54. The summed E-state index contributed by atoms with van der Waals surface area (Å²) in [6.07, 6.45) is 3.24. The molecule has 0 spiro atoms. The van der Waals surface area contributed by atoms with Gasteiger partial charge in [0.15, 0.2) is 4.96 Å². The van der Waals surface area contributed by atoms with Crippen molar-refractivity contribution >= 4 is 16.3 Å². The van der Waals surface area contributed by atoms with Gasteiger partial charge in [-0.2, -0.15) is 0 Å². The summed E-state index contributed by atoms with van der Waals surface area (Å²) in [5.41, 5.74) is 2.70. The van der Waals surface area contributed by atoms with Crippen LogP contribution in [0.4, 0.5) is 0 Å².